The van der Waals surface area contributed by atoms with Gasteiger partial charge in [0.05, 0.1) is 23.8 Å². The summed E-state index contributed by atoms with van der Waals surface area (Å²) < 4.78 is 4.76. The first kappa shape index (κ1) is 13.0. The largest absolute Gasteiger partial charge is 0.465 e. The Morgan fingerprint density at radius 3 is 2.83 bits per heavy atom. The molecule has 96 valence electrons. The summed E-state index contributed by atoms with van der Waals surface area (Å²) in [6.45, 7) is 3.78. The van der Waals surface area contributed by atoms with Crippen molar-refractivity contribution in [1.82, 2.24) is 0 Å². The Morgan fingerprint density at radius 2 is 2.17 bits per heavy atom. The number of rotatable bonds is 1. The van der Waals surface area contributed by atoms with Gasteiger partial charge in [-0.3, -0.25) is 4.79 Å². The van der Waals surface area contributed by atoms with Gasteiger partial charge >= 0.3 is 5.97 Å². The second-order valence-electron chi connectivity index (χ2n) is 4.80. The van der Waals surface area contributed by atoms with Crippen molar-refractivity contribution >= 4 is 29.3 Å². The molecule has 0 saturated carbocycles. The number of ether oxygens (including phenoxy) is 1. The molecule has 1 aliphatic rings. The maximum absolute atomic E-state index is 12.0. The average Bonchev–Trinajstić information content (AvgIpc) is 2.46. The minimum atomic E-state index is -0.461. The molecule has 0 unspecified atom stereocenters. The number of anilines is 1. The van der Waals surface area contributed by atoms with Crippen molar-refractivity contribution in [2.45, 2.75) is 18.7 Å². The molecule has 5 heteroatoms. The molecule has 1 aliphatic heterocycles. The number of methoxy groups -OCH3 is 1. The van der Waals surface area contributed by atoms with Crippen molar-refractivity contribution in [3.8, 4) is 0 Å². The minimum Gasteiger partial charge on any atom is -0.465 e. The molecule has 0 fully saturated rings. The van der Waals surface area contributed by atoms with Crippen LogP contribution < -0.4 is 5.32 Å². The Kier molecular flexibility index (Phi) is 3.34. The Bertz CT molecular complexity index is 511. The van der Waals surface area contributed by atoms with Gasteiger partial charge in [0.2, 0.25) is 5.91 Å². The monoisotopic (exact) mass is 265 g/mol. The van der Waals surface area contributed by atoms with E-state index in [2.05, 4.69) is 5.32 Å². The molecule has 0 atom stereocenters. The fourth-order valence-electron chi connectivity index (χ4n) is 1.67. The number of carbonyl (C=O) groups is 2. The average molecular weight is 265 g/mol. The molecule has 1 N–H and O–H groups in total. The van der Waals surface area contributed by atoms with E-state index in [1.54, 1.807) is 18.2 Å². The Morgan fingerprint density at radius 1 is 1.44 bits per heavy atom. The molecule has 4 nitrogen and oxygen atoms in total. The van der Waals surface area contributed by atoms with Gasteiger partial charge in [-0.2, -0.15) is 0 Å². The van der Waals surface area contributed by atoms with E-state index in [1.165, 1.54) is 18.9 Å². The van der Waals surface area contributed by atoms with Crippen LogP contribution in [-0.2, 0) is 9.53 Å². The molecule has 0 bridgehead atoms. The highest BCUT2D eigenvalue weighted by Crippen LogP contribution is 2.39. The lowest BCUT2D eigenvalue weighted by Crippen LogP contribution is -2.31. The van der Waals surface area contributed by atoms with Gasteiger partial charge in [0.15, 0.2) is 0 Å². The molecular weight excluding hydrogens is 250 g/mol. The number of amides is 1. The first-order valence-corrected chi connectivity index (χ1v) is 6.60. The van der Waals surface area contributed by atoms with Gasteiger partial charge in [-0.25, -0.2) is 4.79 Å². The fraction of sp³-hybridized carbons (Fsp3) is 0.385. The van der Waals surface area contributed by atoms with Crippen molar-refractivity contribution < 1.29 is 14.3 Å². The number of carbonyl (C=O) groups excluding carboxylic acids is 2. The van der Waals surface area contributed by atoms with E-state index >= 15 is 0 Å². The van der Waals surface area contributed by atoms with E-state index in [-0.39, 0.29) is 11.9 Å². The zero-order valence-corrected chi connectivity index (χ0v) is 11.4. The second-order valence-corrected chi connectivity index (χ2v) is 5.79. The summed E-state index contributed by atoms with van der Waals surface area (Å²) in [4.78, 5) is 24.5. The van der Waals surface area contributed by atoms with E-state index in [1.807, 2.05) is 13.8 Å². The smallest absolute Gasteiger partial charge is 0.339 e. The second kappa shape index (κ2) is 4.65. The number of fused-ring (bicyclic) bond motifs is 1. The van der Waals surface area contributed by atoms with Gasteiger partial charge < -0.3 is 10.1 Å². The van der Waals surface area contributed by atoms with Crippen molar-refractivity contribution in [2.24, 2.45) is 5.41 Å². The lowest BCUT2D eigenvalue weighted by Gasteiger charge is -2.18. The number of esters is 1. The first-order valence-electron chi connectivity index (χ1n) is 5.61. The first-order chi connectivity index (χ1) is 8.45. The molecule has 18 heavy (non-hydrogen) atoms. The van der Waals surface area contributed by atoms with Crippen LogP contribution in [-0.4, -0.2) is 24.7 Å². The molecule has 1 heterocycles. The van der Waals surface area contributed by atoms with Crippen LogP contribution >= 0.6 is 11.8 Å². The SMILES string of the molecule is COC(=O)c1cccc2c1SCC(C)(C)C(=O)N2. The number of nitrogens with one attached hydrogen (secondary N) is 1. The molecule has 0 radical (unpaired) electrons. The van der Waals surface area contributed by atoms with E-state index in [9.17, 15) is 9.59 Å². The standard InChI is InChI=1S/C13H15NO3S/c1-13(2)7-18-10-8(11(15)17-3)5-4-6-9(10)14-12(13)16/h4-6H,7H2,1-3H3,(H,14,16). The van der Waals surface area contributed by atoms with Crippen LogP contribution in [0, 0.1) is 5.41 Å². The van der Waals surface area contributed by atoms with Gasteiger partial charge in [-0.05, 0) is 12.1 Å². The number of benzene rings is 1. The molecular formula is C13H15NO3S. The van der Waals surface area contributed by atoms with Crippen molar-refractivity contribution in [3.63, 3.8) is 0 Å². The van der Waals surface area contributed by atoms with E-state index < -0.39 is 5.41 Å². The van der Waals surface area contributed by atoms with E-state index in [0.717, 1.165) is 4.90 Å². The Labute approximate surface area is 110 Å². The summed E-state index contributed by atoms with van der Waals surface area (Å²) in [7, 11) is 1.35. The van der Waals surface area contributed by atoms with Crippen molar-refractivity contribution in [2.75, 3.05) is 18.2 Å². The van der Waals surface area contributed by atoms with Crippen molar-refractivity contribution in [3.05, 3.63) is 23.8 Å². The van der Waals surface area contributed by atoms with Crippen LogP contribution in [0.2, 0.25) is 0 Å². The Balaban J connectivity index is 2.47. The van der Waals surface area contributed by atoms with Crippen LogP contribution in [0.5, 0.6) is 0 Å². The molecule has 2 rings (SSSR count). The highest BCUT2D eigenvalue weighted by atomic mass is 32.2. The maximum Gasteiger partial charge on any atom is 0.339 e. The summed E-state index contributed by atoms with van der Waals surface area (Å²) in [5, 5.41) is 2.86. The zero-order chi connectivity index (χ0) is 13.3. The lowest BCUT2D eigenvalue weighted by molar-refractivity contribution is -0.122. The minimum absolute atomic E-state index is 0.0317. The Hall–Kier alpha value is -1.49. The van der Waals surface area contributed by atoms with Crippen molar-refractivity contribution in [1.29, 1.82) is 0 Å². The van der Waals surface area contributed by atoms with Gasteiger partial charge in [0, 0.05) is 10.6 Å². The third-order valence-corrected chi connectivity index (χ3v) is 4.46. The van der Waals surface area contributed by atoms with Crippen LogP contribution in [0.15, 0.2) is 23.1 Å². The number of hydrogen-bond acceptors (Lipinski definition) is 4. The van der Waals surface area contributed by atoms with Gasteiger partial charge in [-0.1, -0.05) is 19.9 Å². The van der Waals surface area contributed by atoms with E-state index in [0.29, 0.717) is 17.0 Å². The molecule has 0 aromatic heterocycles. The normalized spacial score (nSPS) is 17.4. The molecule has 0 spiro atoms. The van der Waals surface area contributed by atoms with Gasteiger partial charge in [0.25, 0.3) is 0 Å². The summed E-state index contributed by atoms with van der Waals surface area (Å²) in [5.41, 5.74) is 0.716. The van der Waals surface area contributed by atoms with Crippen LogP contribution in [0.25, 0.3) is 0 Å². The van der Waals surface area contributed by atoms with Crippen LogP contribution in [0.1, 0.15) is 24.2 Å². The fourth-order valence-corrected chi connectivity index (χ4v) is 2.89. The van der Waals surface area contributed by atoms with E-state index in [4.69, 9.17) is 4.74 Å². The van der Waals surface area contributed by atoms with Gasteiger partial charge in [-0.15, -0.1) is 11.8 Å². The third-order valence-electron chi connectivity index (χ3n) is 2.86. The molecule has 1 aromatic carbocycles. The molecule has 0 aliphatic carbocycles. The molecule has 1 amide bonds. The van der Waals surface area contributed by atoms with Gasteiger partial charge in [0.1, 0.15) is 0 Å². The third kappa shape index (κ3) is 2.22. The summed E-state index contributed by atoms with van der Waals surface area (Å²) in [6, 6.07) is 5.25. The topological polar surface area (TPSA) is 55.4 Å². The van der Waals surface area contributed by atoms with Crippen LogP contribution in [0.3, 0.4) is 0 Å². The molecule has 0 saturated heterocycles. The van der Waals surface area contributed by atoms with Crippen LogP contribution in [0.4, 0.5) is 5.69 Å². The highest BCUT2D eigenvalue weighted by Gasteiger charge is 2.32. The molecule has 1 aromatic rings. The summed E-state index contributed by atoms with van der Waals surface area (Å²) >= 11 is 1.51. The number of hydrogen-bond donors (Lipinski definition) is 1. The highest BCUT2D eigenvalue weighted by molar-refractivity contribution is 7.99. The predicted molar refractivity (Wildman–Crippen MR) is 70.9 cm³/mol. The zero-order valence-electron chi connectivity index (χ0n) is 10.6. The lowest BCUT2D eigenvalue weighted by atomic mass is 9.95. The maximum atomic E-state index is 12.0. The summed E-state index contributed by atoms with van der Waals surface area (Å²) in [5.74, 6) is 0.212. The quantitative estimate of drug-likeness (QED) is 0.793. The predicted octanol–water partition coefficient (Wildman–Crippen LogP) is 2.54. The summed E-state index contributed by atoms with van der Waals surface area (Å²) in [6.07, 6.45) is 0. The number of thioether (sulfide) groups is 1.